The number of rotatable bonds is 5. The molecule has 1 unspecified atom stereocenters. The van der Waals surface area contributed by atoms with Gasteiger partial charge in [0.05, 0.1) is 0 Å². The lowest BCUT2D eigenvalue weighted by Crippen LogP contribution is -2.36. The van der Waals surface area contributed by atoms with E-state index in [1.165, 1.54) is 19.2 Å². The van der Waals surface area contributed by atoms with Crippen molar-refractivity contribution in [3.63, 3.8) is 0 Å². The van der Waals surface area contributed by atoms with Crippen molar-refractivity contribution in [2.45, 2.75) is 31.8 Å². The first-order valence-corrected chi connectivity index (χ1v) is 6.60. The number of aromatic nitrogens is 2. The number of likely N-dealkylation sites (N-methyl/N-ethyl adjacent to an activating group) is 1. The predicted molar refractivity (Wildman–Crippen MR) is 72.9 cm³/mol. The number of halogens is 1. The molecule has 1 saturated carbocycles. The highest BCUT2D eigenvalue weighted by Crippen LogP contribution is 2.27. The summed E-state index contributed by atoms with van der Waals surface area (Å²) in [7, 11) is 2.17. The third kappa shape index (κ3) is 3.07. The molecule has 6 heteroatoms. The lowest BCUT2D eigenvalue weighted by molar-refractivity contribution is 0.257. The Morgan fingerprint density at radius 3 is 2.94 bits per heavy atom. The summed E-state index contributed by atoms with van der Waals surface area (Å²) in [5.74, 6) is 1.22. The summed E-state index contributed by atoms with van der Waals surface area (Å²) < 4.78 is 0.737. The molecule has 0 amide bonds. The predicted octanol–water partition coefficient (Wildman–Crippen LogP) is 1.72. The van der Waals surface area contributed by atoms with Crippen LogP contribution in [-0.4, -0.2) is 40.5 Å². The summed E-state index contributed by atoms with van der Waals surface area (Å²) in [5.41, 5.74) is 5.70. The van der Waals surface area contributed by atoms with Crippen LogP contribution in [0.3, 0.4) is 0 Å². The summed E-state index contributed by atoms with van der Waals surface area (Å²) in [6.45, 7) is 3.06. The van der Waals surface area contributed by atoms with Gasteiger partial charge in [-0.1, -0.05) is 0 Å². The zero-order valence-corrected chi connectivity index (χ0v) is 11.7. The molecule has 1 atom stereocenters. The van der Waals surface area contributed by atoms with E-state index < -0.39 is 0 Å². The molecule has 1 aromatic rings. The van der Waals surface area contributed by atoms with E-state index in [0.29, 0.717) is 11.9 Å². The Morgan fingerprint density at radius 1 is 1.59 bits per heavy atom. The molecular weight excluding hydrogens is 282 g/mol. The molecule has 1 aromatic heterocycles. The van der Waals surface area contributed by atoms with Crippen LogP contribution in [0, 0.1) is 0 Å². The van der Waals surface area contributed by atoms with Crippen LogP contribution >= 0.6 is 15.9 Å². The maximum atomic E-state index is 5.70. The van der Waals surface area contributed by atoms with Crippen LogP contribution in [-0.2, 0) is 0 Å². The smallest absolute Gasteiger partial charge is 0.145 e. The number of hydrogen-bond acceptors (Lipinski definition) is 5. The second-order valence-electron chi connectivity index (χ2n) is 4.55. The minimum Gasteiger partial charge on any atom is -0.383 e. The number of anilines is 2. The molecule has 2 rings (SSSR count). The molecule has 0 radical (unpaired) electrons. The van der Waals surface area contributed by atoms with Crippen LogP contribution in [0.15, 0.2) is 10.8 Å². The first-order chi connectivity index (χ1) is 8.09. The maximum absolute atomic E-state index is 5.70. The third-order valence-corrected chi connectivity index (χ3v) is 3.98. The molecule has 0 aromatic carbocycles. The number of nitrogen functional groups attached to an aromatic ring is 1. The normalized spacial score (nSPS) is 17.2. The van der Waals surface area contributed by atoms with Crippen LogP contribution in [0.2, 0.25) is 0 Å². The van der Waals surface area contributed by atoms with Crippen LogP contribution in [0.4, 0.5) is 11.6 Å². The summed E-state index contributed by atoms with van der Waals surface area (Å²) in [5, 5.41) is 3.30. The van der Waals surface area contributed by atoms with Crippen molar-refractivity contribution in [2.75, 3.05) is 24.6 Å². The summed E-state index contributed by atoms with van der Waals surface area (Å²) in [4.78, 5) is 10.5. The highest BCUT2D eigenvalue weighted by molar-refractivity contribution is 9.10. The molecule has 0 saturated heterocycles. The van der Waals surface area contributed by atoms with Crippen LogP contribution < -0.4 is 11.1 Å². The standard InChI is InChI=1S/C11H18BrN5/c1-7(17(2)8-3-4-8)5-14-11-9(12)10(13)15-6-16-11/h6-8H,3-5H2,1-2H3,(H3,13,14,15,16). The molecule has 17 heavy (non-hydrogen) atoms. The van der Waals surface area contributed by atoms with Crippen molar-refractivity contribution < 1.29 is 0 Å². The summed E-state index contributed by atoms with van der Waals surface area (Å²) in [6.07, 6.45) is 4.12. The second kappa shape index (κ2) is 5.18. The molecule has 94 valence electrons. The van der Waals surface area contributed by atoms with Gasteiger partial charge in [-0.05, 0) is 42.7 Å². The van der Waals surface area contributed by atoms with E-state index in [-0.39, 0.29) is 0 Å². The van der Waals surface area contributed by atoms with Gasteiger partial charge in [0.2, 0.25) is 0 Å². The maximum Gasteiger partial charge on any atom is 0.145 e. The van der Waals surface area contributed by atoms with Gasteiger partial charge in [0.15, 0.2) is 0 Å². The fourth-order valence-corrected chi connectivity index (χ4v) is 2.08. The molecule has 0 spiro atoms. The minimum absolute atomic E-state index is 0.464. The molecule has 0 aliphatic heterocycles. The van der Waals surface area contributed by atoms with E-state index in [2.05, 4.69) is 50.1 Å². The number of nitrogens with two attached hydrogens (primary N) is 1. The van der Waals surface area contributed by atoms with E-state index in [9.17, 15) is 0 Å². The molecule has 1 heterocycles. The lowest BCUT2D eigenvalue weighted by atomic mass is 10.3. The highest BCUT2D eigenvalue weighted by atomic mass is 79.9. The van der Waals surface area contributed by atoms with E-state index in [0.717, 1.165) is 22.9 Å². The van der Waals surface area contributed by atoms with Crippen LogP contribution in [0.1, 0.15) is 19.8 Å². The zero-order valence-electron chi connectivity index (χ0n) is 10.2. The Hall–Kier alpha value is -0.880. The number of nitrogens with zero attached hydrogens (tertiary/aromatic N) is 3. The quantitative estimate of drug-likeness (QED) is 0.866. The molecular formula is C11H18BrN5. The molecule has 3 N–H and O–H groups in total. The Morgan fingerprint density at radius 2 is 2.29 bits per heavy atom. The summed E-state index contributed by atoms with van der Waals surface area (Å²) >= 11 is 3.38. The first kappa shape index (κ1) is 12.6. The SMILES string of the molecule is CC(CNc1ncnc(N)c1Br)N(C)C1CC1. The van der Waals surface area contributed by atoms with Crippen LogP contribution in [0.25, 0.3) is 0 Å². The Bertz CT molecular complexity index is 393. The Balaban J connectivity index is 1.90. The third-order valence-electron chi connectivity index (χ3n) is 3.20. The molecule has 1 aliphatic carbocycles. The van der Waals surface area contributed by atoms with Gasteiger partial charge in [0.1, 0.15) is 22.4 Å². The van der Waals surface area contributed by atoms with Gasteiger partial charge in [0, 0.05) is 18.6 Å². The van der Waals surface area contributed by atoms with Crippen molar-refractivity contribution >= 4 is 27.6 Å². The van der Waals surface area contributed by atoms with Gasteiger partial charge >= 0.3 is 0 Å². The number of hydrogen-bond donors (Lipinski definition) is 2. The van der Waals surface area contributed by atoms with Crippen molar-refractivity contribution in [3.05, 3.63) is 10.8 Å². The van der Waals surface area contributed by atoms with Crippen molar-refractivity contribution in [3.8, 4) is 0 Å². The van der Waals surface area contributed by atoms with E-state index in [1.54, 1.807) is 0 Å². The highest BCUT2D eigenvalue weighted by Gasteiger charge is 2.28. The summed E-state index contributed by atoms with van der Waals surface area (Å²) in [6, 6.07) is 1.25. The van der Waals surface area contributed by atoms with Crippen molar-refractivity contribution in [2.24, 2.45) is 0 Å². The van der Waals surface area contributed by atoms with Gasteiger partial charge in [0.25, 0.3) is 0 Å². The zero-order chi connectivity index (χ0) is 12.4. The monoisotopic (exact) mass is 299 g/mol. The number of nitrogens with one attached hydrogen (secondary N) is 1. The van der Waals surface area contributed by atoms with Crippen molar-refractivity contribution in [1.82, 2.24) is 14.9 Å². The molecule has 5 nitrogen and oxygen atoms in total. The van der Waals surface area contributed by atoms with Gasteiger partial charge in [-0.15, -0.1) is 0 Å². The molecule has 1 fully saturated rings. The van der Waals surface area contributed by atoms with Gasteiger partial charge < -0.3 is 11.1 Å². The Kier molecular flexibility index (Phi) is 3.83. The molecule has 1 aliphatic rings. The van der Waals surface area contributed by atoms with E-state index in [1.807, 2.05) is 0 Å². The van der Waals surface area contributed by atoms with Gasteiger partial charge in [-0.25, -0.2) is 9.97 Å². The average Bonchev–Trinajstić information content (AvgIpc) is 3.13. The van der Waals surface area contributed by atoms with Gasteiger partial charge in [-0.2, -0.15) is 0 Å². The topological polar surface area (TPSA) is 67.1 Å². The van der Waals surface area contributed by atoms with Gasteiger partial charge in [-0.3, -0.25) is 4.90 Å². The van der Waals surface area contributed by atoms with E-state index >= 15 is 0 Å². The average molecular weight is 300 g/mol. The second-order valence-corrected chi connectivity index (χ2v) is 5.34. The van der Waals surface area contributed by atoms with Crippen LogP contribution in [0.5, 0.6) is 0 Å². The first-order valence-electron chi connectivity index (χ1n) is 5.81. The fraction of sp³-hybridized carbons (Fsp3) is 0.636. The fourth-order valence-electron chi connectivity index (χ4n) is 1.74. The Labute approximate surface area is 110 Å². The van der Waals surface area contributed by atoms with Crippen molar-refractivity contribution in [1.29, 1.82) is 0 Å². The largest absolute Gasteiger partial charge is 0.383 e. The lowest BCUT2D eigenvalue weighted by Gasteiger charge is -2.25. The minimum atomic E-state index is 0.464. The molecule has 0 bridgehead atoms. The van der Waals surface area contributed by atoms with E-state index in [4.69, 9.17) is 5.73 Å².